The molecule has 2 N–H and O–H groups in total. The molecular weight excluding hydrogens is 240 g/mol. The quantitative estimate of drug-likeness (QED) is 0.854. The van der Waals surface area contributed by atoms with Crippen LogP contribution in [0.2, 0.25) is 0 Å². The van der Waals surface area contributed by atoms with Gasteiger partial charge in [-0.2, -0.15) is 0 Å². The van der Waals surface area contributed by atoms with Crippen molar-refractivity contribution in [3.8, 4) is 0 Å². The van der Waals surface area contributed by atoms with Crippen LogP contribution in [0, 0.1) is 5.92 Å². The minimum Gasteiger partial charge on any atom is -0.391 e. The number of rotatable bonds is 5. The fraction of sp³-hybridized carbons (Fsp3) is 0.533. The standard InChI is InChI=1S/C15H22N2O2/c1-11(12-6-4-3-5-7-12)16-15(19)17(2)10-14(18)13-8-9-13/h3-7,11,13-14,18H,8-10H2,1-2H3,(H,16,19). The van der Waals surface area contributed by atoms with Crippen LogP contribution < -0.4 is 5.32 Å². The highest BCUT2D eigenvalue weighted by atomic mass is 16.3. The summed E-state index contributed by atoms with van der Waals surface area (Å²) < 4.78 is 0. The van der Waals surface area contributed by atoms with Crippen molar-refractivity contribution in [1.82, 2.24) is 10.2 Å². The zero-order valence-electron chi connectivity index (χ0n) is 11.5. The molecule has 1 saturated carbocycles. The second-order valence-electron chi connectivity index (χ2n) is 5.37. The van der Waals surface area contributed by atoms with Crippen LogP contribution in [0.5, 0.6) is 0 Å². The maximum Gasteiger partial charge on any atom is 0.317 e. The molecule has 0 saturated heterocycles. The Hall–Kier alpha value is -1.55. The Balaban J connectivity index is 1.82. The first kappa shape index (κ1) is 13.9. The highest BCUT2D eigenvalue weighted by Crippen LogP contribution is 2.32. The summed E-state index contributed by atoms with van der Waals surface area (Å²) in [7, 11) is 1.72. The summed E-state index contributed by atoms with van der Waals surface area (Å²) in [5.41, 5.74) is 1.08. The van der Waals surface area contributed by atoms with Crippen molar-refractivity contribution in [3.63, 3.8) is 0 Å². The third kappa shape index (κ3) is 3.96. The number of benzene rings is 1. The van der Waals surface area contributed by atoms with Crippen molar-refractivity contribution >= 4 is 6.03 Å². The van der Waals surface area contributed by atoms with Gasteiger partial charge in [-0.15, -0.1) is 0 Å². The number of carbonyl (C=O) groups excluding carboxylic acids is 1. The molecule has 4 heteroatoms. The second kappa shape index (κ2) is 6.06. The fourth-order valence-corrected chi connectivity index (χ4v) is 2.11. The van der Waals surface area contributed by atoms with Gasteiger partial charge in [0, 0.05) is 13.6 Å². The van der Waals surface area contributed by atoms with Gasteiger partial charge in [-0.3, -0.25) is 0 Å². The first-order valence-electron chi connectivity index (χ1n) is 6.82. The Bertz CT molecular complexity index is 417. The third-order valence-corrected chi connectivity index (χ3v) is 3.61. The van der Waals surface area contributed by atoms with E-state index in [4.69, 9.17) is 0 Å². The van der Waals surface area contributed by atoms with E-state index in [1.54, 1.807) is 11.9 Å². The van der Waals surface area contributed by atoms with Crippen LogP contribution in [0.3, 0.4) is 0 Å². The summed E-state index contributed by atoms with van der Waals surface area (Å²) in [6, 6.07) is 9.67. The second-order valence-corrected chi connectivity index (χ2v) is 5.37. The fourth-order valence-electron chi connectivity index (χ4n) is 2.11. The number of nitrogens with one attached hydrogen (secondary N) is 1. The maximum atomic E-state index is 12.0. The van der Waals surface area contributed by atoms with Gasteiger partial charge in [0.15, 0.2) is 0 Å². The van der Waals surface area contributed by atoms with Crippen molar-refractivity contribution in [2.75, 3.05) is 13.6 Å². The van der Waals surface area contributed by atoms with E-state index < -0.39 is 0 Å². The molecule has 1 aliphatic rings. The molecular formula is C15H22N2O2. The summed E-state index contributed by atoms with van der Waals surface area (Å²) in [5.74, 6) is 0.391. The summed E-state index contributed by atoms with van der Waals surface area (Å²) in [6.45, 7) is 2.36. The van der Waals surface area contributed by atoms with Crippen LogP contribution in [0.4, 0.5) is 4.79 Å². The first-order valence-corrected chi connectivity index (χ1v) is 6.82. The van der Waals surface area contributed by atoms with E-state index in [-0.39, 0.29) is 18.2 Å². The predicted octanol–water partition coefficient (Wildman–Crippen LogP) is 2.16. The van der Waals surface area contributed by atoms with Crippen molar-refractivity contribution in [2.45, 2.75) is 31.9 Å². The van der Waals surface area contributed by atoms with Crippen LogP contribution in [-0.2, 0) is 0 Å². The zero-order chi connectivity index (χ0) is 13.8. The number of nitrogens with zero attached hydrogens (tertiary/aromatic N) is 1. The van der Waals surface area contributed by atoms with E-state index in [2.05, 4.69) is 5.32 Å². The highest BCUT2D eigenvalue weighted by molar-refractivity contribution is 5.74. The van der Waals surface area contributed by atoms with Crippen molar-refractivity contribution < 1.29 is 9.90 Å². The number of likely N-dealkylation sites (N-methyl/N-ethyl adjacent to an activating group) is 1. The molecule has 2 unspecified atom stereocenters. The molecule has 2 atom stereocenters. The monoisotopic (exact) mass is 262 g/mol. The molecule has 2 rings (SSSR count). The Morgan fingerprint density at radius 1 is 1.42 bits per heavy atom. The normalized spacial score (nSPS) is 17.6. The zero-order valence-corrected chi connectivity index (χ0v) is 11.5. The SMILES string of the molecule is CC(NC(=O)N(C)CC(O)C1CC1)c1ccccc1. The van der Waals surface area contributed by atoms with Crippen molar-refractivity contribution in [3.05, 3.63) is 35.9 Å². The smallest absolute Gasteiger partial charge is 0.317 e. The number of urea groups is 1. The predicted molar refractivity (Wildman–Crippen MR) is 74.7 cm³/mol. The topological polar surface area (TPSA) is 52.6 Å². The highest BCUT2D eigenvalue weighted by Gasteiger charge is 2.31. The van der Waals surface area contributed by atoms with E-state index in [0.717, 1.165) is 18.4 Å². The average molecular weight is 262 g/mol. The van der Waals surface area contributed by atoms with Crippen molar-refractivity contribution in [2.24, 2.45) is 5.92 Å². The average Bonchev–Trinajstić information content (AvgIpc) is 3.23. The minimum atomic E-state index is -0.386. The molecule has 0 aromatic heterocycles. The lowest BCUT2D eigenvalue weighted by Gasteiger charge is -2.23. The van der Waals surface area contributed by atoms with Gasteiger partial charge < -0.3 is 15.3 Å². The summed E-state index contributed by atoms with van der Waals surface area (Å²) in [6.07, 6.45) is 1.77. The van der Waals surface area contributed by atoms with Crippen LogP contribution in [-0.4, -0.2) is 35.7 Å². The molecule has 1 aliphatic carbocycles. The third-order valence-electron chi connectivity index (χ3n) is 3.61. The van der Waals surface area contributed by atoms with Gasteiger partial charge >= 0.3 is 6.03 Å². The lowest BCUT2D eigenvalue weighted by Crippen LogP contribution is -2.42. The molecule has 0 bridgehead atoms. The number of hydrogen-bond donors (Lipinski definition) is 2. The summed E-state index contributed by atoms with van der Waals surface area (Å²) >= 11 is 0. The van der Waals surface area contributed by atoms with Gasteiger partial charge in [-0.05, 0) is 31.2 Å². The maximum absolute atomic E-state index is 12.0. The van der Waals surface area contributed by atoms with Crippen LogP contribution >= 0.6 is 0 Å². The molecule has 0 spiro atoms. The molecule has 0 heterocycles. The molecule has 1 fully saturated rings. The minimum absolute atomic E-state index is 0.0331. The Kier molecular flexibility index (Phi) is 4.43. The molecule has 0 radical (unpaired) electrons. The first-order chi connectivity index (χ1) is 9.08. The van der Waals surface area contributed by atoms with E-state index in [1.807, 2.05) is 37.3 Å². The van der Waals surface area contributed by atoms with Gasteiger partial charge in [0.25, 0.3) is 0 Å². The van der Waals surface area contributed by atoms with E-state index in [9.17, 15) is 9.90 Å². The number of carbonyl (C=O) groups is 1. The van der Waals surface area contributed by atoms with E-state index in [0.29, 0.717) is 12.5 Å². The molecule has 2 amide bonds. The van der Waals surface area contributed by atoms with Crippen LogP contribution in [0.1, 0.15) is 31.4 Å². The van der Waals surface area contributed by atoms with Gasteiger partial charge in [0.2, 0.25) is 0 Å². The van der Waals surface area contributed by atoms with Gasteiger partial charge in [-0.1, -0.05) is 30.3 Å². The molecule has 104 valence electrons. The molecule has 19 heavy (non-hydrogen) atoms. The Labute approximate surface area is 114 Å². The van der Waals surface area contributed by atoms with Crippen LogP contribution in [0.25, 0.3) is 0 Å². The molecule has 1 aromatic rings. The summed E-state index contributed by atoms with van der Waals surface area (Å²) in [5, 5.41) is 12.8. The van der Waals surface area contributed by atoms with Gasteiger partial charge in [0.05, 0.1) is 12.1 Å². The number of hydrogen-bond acceptors (Lipinski definition) is 2. The van der Waals surface area contributed by atoms with Crippen LogP contribution in [0.15, 0.2) is 30.3 Å². The largest absolute Gasteiger partial charge is 0.391 e. The van der Waals surface area contributed by atoms with E-state index >= 15 is 0 Å². The summed E-state index contributed by atoms with van der Waals surface area (Å²) in [4.78, 5) is 13.6. The van der Waals surface area contributed by atoms with Gasteiger partial charge in [-0.25, -0.2) is 4.79 Å². The van der Waals surface area contributed by atoms with Crippen molar-refractivity contribution in [1.29, 1.82) is 0 Å². The molecule has 4 nitrogen and oxygen atoms in total. The number of amides is 2. The van der Waals surface area contributed by atoms with E-state index in [1.165, 1.54) is 0 Å². The lowest BCUT2D eigenvalue weighted by molar-refractivity contribution is 0.113. The molecule has 1 aromatic carbocycles. The molecule has 0 aliphatic heterocycles. The Morgan fingerprint density at radius 2 is 2.05 bits per heavy atom. The lowest BCUT2D eigenvalue weighted by atomic mass is 10.1. The number of aliphatic hydroxyl groups excluding tert-OH is 1. The Morgan fingerprint density at radius 3 is 2.63 bits per heavy atom. The number of aliphatic hydroxyl groups is 1. The van der Waals surface area contributed by atoms with Gasteiger partial charge in [0.1, 0.15) is 0 Å².